The van der Waals surface area contributed by atoms with E-state index in [1.54, 1.807) is 0 Å². The van der Waals surface area contributed by atoms with Crippen molar-refractivity contribution >= 4 is 11.3 Å². The predicted molar refractivity (Wildman–Crippen MR) is 56.1 cm³/mol. The summed E-state index contributed by atoms with van der Waals surface area (Å²) < 4.78 is 0. The topological polar surface area (TPSA) is 44.9 Å². The van der Waals surface area contributed by atoms with Crippen molar-refractivity contribution in [2.75, 3.05) is 6.54 Å². The van der Waals surface area contributed by atoms with Gasteiger partial charge in [-0.05, 0) is 6.42 Å². The summed E-state index contributed by atoms with van der Waals surface area (Å²) >= 11 is 1.20. The Morgan fingerprint density at radius 1 is 1.77 bits per heavy atom. The molecule has 3 nitrogen and oxygen atoms in total. The van der Waals surface area contributed by atoms with Gasteiger partial charge < -0.3 is 10.3 Å². The summed E-state index contributed by atoms with van der Waals surface area (Å²) in [5, 5.41) is 5.04. The summed E-state index contributed by atoms with van der Waals surface area (Å²) in [4.78, 5) is 13.5. The first-order chi connectivity index (χ1) is 6.22. The van der Waals surface area contributed by atoms with E-state index in [0.29, 0.717) is 6.54 Å². The molecule has 1 rings (SSSR count). The number of aromatic amines is 1. The van der Waals surface area contributed by atoms with E-state index in [1.807, 2.05) is 5.38 Å². The van der Waals surface area contributed by atoms with Crippen LogP contribution in [0.2, 0.25) is 0 Å². The van der Waals surface area contributed by atoms with Crippen molar-refractivity contribution in [3.05, 3.63) is 32.9 Å². The Morgan fingerprint density at radius 2 is 2.54 bits per heavy atom. The average Bonchev–Trinajstić information content (AvgIpc) is 2.51. The molecule has 13 heavy (non-hydrogen) atoms. The lowest BCUT2D eigenvalue weighted by molar-refractivity contribution is 0.714. The lowest BCUT2D eigenvalue weighted by Gasteiger charge is -2.03. The molecule has 0 aliphatic rings. The fourth-order valence-corrected chi connectivity index (χ4v) is 1.48. The second kappa shape index (κ2) is 4.99. The molecule has 0 amide bonds. The zero-order valence-electron chi connectivity index (χ0n) is 7.72. The number of aromatic nitrogens is 1. The van der Waals surface area contributed by atoms with Crippen molar-refractivity contribution in [1.29, 1.82) is 0 Å². The lowest BCUT2D eigenvalue weighted by atomic mass is 10.2. The van der Waals surface area contributed by atoms with Gasteiger partial charge in [0.1, 0.15) is 0 Å². The third-order valence-electron chi connectivity index (χ3n) is 1.76. The molecule has 0 saturated heterocycles. The van der Waals surface area contributed by atoms with Crippen molar-refractivity contribution in [2.45, 2.75) is 19.9 Å². The van der Waals surface area contributed by atoms with Gasteiger partial charge in [-0.1, -0.05) is 30.4 Å². The third-order valence-corrected chi connectivity index (χ3v) is 2.48. The highest BCUT2D eigenvalue weighted by atomic mass is 32.1. The molecule has 1 aromatic heterocycles. The first-order valence-electron chi connectivity index (χ1n) is 4.26. The molecule has 0 spiro atoms. The van der Waals surface area contributed by atoms with Crippen LogP contribution in [0.3, 0.4) is 0 Å². The minimum Gasteiger partial charge on any atom is -0.315 e. The Labute approximate surface area is 81.5 Å². The van der Waals surface area contributed by atoms with Gasteiger partial charge in [-0.25, -0.2) is 0 Å². The highest BCUT2D eigenvalue weighted by Gasteiger charge is 1.95. The van der Waals surface area contributed by atoms with E-state index in [1.165, 1.54) is 16.9 Å². The second-order valence-electron chi connectivity index (χ2n) is 2.88. The highest BCUT2D eigenvalue weighted by Crippen LogP contribution is 1.97. The monoisotopic (exact) mass is 198 g/mol. The fraction of sp³-hybridized carbons (Fsp3) is 0.444. The Hall–Kier alpha value is -0.870. The number of hydrogen-bond donors (Lipinski definition) is 2. The standard InChI is InChI=1S/C9H14N2OS/c1-3-7(2)4-10-5-8-6-13-9(12)11-8/h6,10H,2-5H2,1H3,(H,11,12). The van der Waals surface area contributed by atoms with Crippen LogP contribution in [-0.2, 0) is 6.54 Å². The van der Waals surface area contributed by atoms with Crippen molar-refractivity contribution in [3.8, 4) is 0 Å². The molecular formula is C9H14N2OS. The highest BCUT2D eigenvalue weighted by molar-refractivity contribution is 7.07. The molecular weight excluding hydrogens is 184 g/mol. The lowest BCUT2D eigenvalue weighted by Crippen LogP contribution is -2.16. The van der Waals surface area contributed by atoms with E-state index in [2.05, 4.69) is 23.8 Å². The van der Waals surface area contributed by atoms with Crippen molar-refractivity contribution < 1.29 is 0 Å². The number of rotatable bonds is 5. The van der Waals surface area contributed by atoms with Crippen molar-refractivity contribution in [3.63, 3.8) is 0 Å². The number of hydrogen-bond acceptors (Lipinski definition) is 3. The van der Waals surface area contributed by atoms with Gasteiger partial charge in [0.25, 0.3) is 0 Å². The maximum absolute atomic E-state index is 10.8. The molecule has 0 radical (unpaired) electrons. The molecule has 72 valence electrons. The Bertz CT molecular complexity index is 326. The predicted octanol–water partition coefficient (Wildman–Crippen LogP) is 1.49. The van der Waals surface area contributed by atoms with E-state index in [0.717, 1.165) is 18.7 Å². The summed E-state index contributed by atoms with van der Waals surface area (Å²) in [6, 6.07) is 0. The van der Waals surface area contributed by atoms with Crippen LogP contribution in [0.4, 0.5) is 0 Å². The van der Waals surface area contributed by atoms with Crippen molar-refractivity contribution in [2.24, 2.45) is 0 Å². The van der Waals surface area contributed by atoms with Crippen LogP contribution in [0.1, 0.15) is 19.0 Å². The minimum absolute atomic E-state index is 0.00566. The van der Waals surface area contributed by atoms with E-state index in [-0.39, 0.29) is 4.87 Å². The van der Waals surface area contributed by atoms with Crippen LogP contribution in [0.15, 0.2) is 22.3 Å². The molecule has 1 aromatic rings. The van der Waals surface area contributed by atoms with Crippen LogP contribution >= 0.6 is 11.3 Å². The Morgan fingerprint density at radius 3 is 3.08 bits per heavy atom. The molecule has 0 saturated carbocycles. The normalized spacial score (nSPS) is 10.2. The number of nitrogens with one attached hydrogen (secondary N) is 2. The van der Waals surface area contributed by atoms with E-state index in [4.69, 9.17) is 0 Å². The summed E-state index contributed by atoms with van der Waals surface area (Å²) in [5.74, 6) is 0. The van der Waals surface area contributed by atoms with Gasteiger partial charge in [0.15, 0.2) is 0 Å². The first kappa shape index (κ1) is 10.2. The van der Waals surface area contributed by atoms with Crippen LogP contribution in [0.25, 0.3) is 0 Å². The first-order valence-corrected chi connectivity index (χ1v) is 5.14. The molecule has 0 atom stereocenters. The molecule has 0 bridgehead atoms. The summed E-state index contributed by atoms with van der Waals surface area (Å²) in [7, 11) is 0. The second-order valence-corrected chi connectivity index (χ2v) is 3.72. The van der Waals surface area contributed by atoms with Gasteiger partial charge in [-0.15, -0.1) is 0 Å². The van der Waals surface area contributed by atoms with E-state index in [9.17, 15) is 4.79 Å². The van der Waals surface area contributed by atoms with Gasteiger partial charge in [0, 0.05) is 24.2 Å². The number of H-pyrrole nitrogens is 1. The van der Waals surface area contributed by atoms with Crippen molar-refractivity contribution in [1.82, 2.24) is 10.3 Å². The molecule has 1 heterocycles. The summed E-state index contributed by atoms with van der Waals surface area (Å²) in [6.07, 6.45) is 0.993. The fourth-order valence-electron chi connectivity index (χ4n) is 0.899. The molecule has 4 heteroatoms. The molecule has 0 aromatic carbocycles. The Balaban J connectivity index is 2.28. The zero-order valence-corrected chi connectivity index (χ0v) is 8.54. The van der Waals surface area contributed by atoms with Crippen LogP contribution < -0.4 is 10.2 Å². The largest absolute Gasteiger partial charge is 0.315 e. The van der Waals surface area contributed by atoms with Crippen LogP contribution in [0.5, 0.6) is 0 Å². The molecule has 0 aliphatic carbocycles. The summed E-state index contributed by atoms with van der Waals surface area (Å²) in [5.41, 5.74) is 2.12. The molecule has 2 N–H and O–H groups in total. The smallest absolute Gasteiger partial charge is 0.304 e. The van der Waals surface area contributed by atoms with E-state index >= 15 is 0 Å². The third kappa shape index (κ3) is 3.57. The maximum atomic E-state index is 10.8. The quantitative estimate of drug-likeness (QED) is 0.704. The summed E-state index contributed by atoms with van der Waals surface area (Å²) in [6.45, 7) is 7.48. The van der Waals surface area contributed by atoms with Gasteiger partial charge in [0.05, 0.1) is 0 Å². The van der Waals surface area contributed by atoms with E-state index < -0.39 is 0 Å². The Kier molecular flexibility index (Phi) is 3.92. The van der Waals surface area contributed by atoms with Crippen LogP contribution in [0, 0.1) is 0 Å². The van der Waals surface area contributed by atoms with Gasteiger partial charge in [-0.2, -0.15) is 0 Å². The zero-order chi connectivity index (χ0) is 9.68. The molecule has 0 aliphatic heterocycles. The van der Waals surface area contributed by atoms with Crippen LogP contribution in [-0.4, -0.2) is 11.5 Å². The maximum Gasteiger partial charge on any atom is 0.304 e. The van der Waals surface area contributed by atoms with Gasteiger partial charge >= 0.3 is 4.87 Å². The van der Waals surface area contributed by atoms with Gasteiger partial charge in [0.2, 0.25) is 0 Å². The average molecular weight is 198 g/mol. The molecule has 0 fully saturated rings. The minimum atomic E-state index is 0.00566. The SMILES string of the molecule is C=C(CC)CNCc1csc(=O)[nH]1. The number of thiazole rings is 1. The molecule has 0 unspecified atom stereocenters. The van der Waals surface area contributed by atoms with Gasteiger partial charge in [-0.3, -0.25) is 4.79 Å².